The van der Waals surface area contributed by atoms with E-state index in [0.29, 0.717) is 22.1 Å². The summed E-state index contributed by atoms with van der Waals surface area (Å²) in [6.07, 6.45) is 0. The number of nitrogens with one attached hydrogen (secondary N) is 2. The van der Waals surface area contributed by atoms with Crippen LogP contribution in [0.2, 0.25) is 0 Å². The maximum atomic E-state index is 13.4. The van der Waals surface area contributed by atoms with E-state index in [2.05, 4.69) is 26.6 Å². The molecule has 0 spiro atoms. The van der Waals surface area contributed by atoms with E-state index in [4.69, 9.17) is 0 Å². The predicted molar refractivity (Wildman–Crippen MR) is 163 cm³/mol. The molecular formula is C32H23BrN2O4S. The van der Waals surface area contributed by atoms with Crippen LogP contribution in [0.25, 0.3) is 10.8 Å². The summed E-state index contributed by atoms with van der Waals surface area (Å²) >= 11 is 4.78. The van der Waals surface area contributed by atoms with E-state index in [-0.39, 0.29) is 17.0 Å². The van der Waals surface area contributed by atoms with Crippen molar-refractivity contribution in [1.29, 1.82) is 0 Å². The number of thioether (sulfide) groups is 1. The molecule has 1 unspecified atom stereocenters. The Labute approximate surface area is 243 Å². The molecule has 0 bridgehead atoms. The second-order valence-electron chi connectivity index (χ2n) is 8.90. The summed E-state index contributed by atoms with van der Waals surface area (Å²) in [6, 6.07) is 34.2. The molecule has 0 aliphatic heterocycles. The van der Waals surface area contributed by atoms with E-state index in [9.17, 15) is 19.5 Å². The SMILES string of the molecule is O=C(O)c1cccc2cccc(C(=O)Nc3cccc(SC(C(=O)Nc4ccc(Br)cc4)c4ccccc4)c3)c12. The van der Waals surface area contributed by atoms with Gasteiger partial charge in [-0.1, -0.05) is 76.6 Å². The molecule has 0 aliphatic carbocycles. The van der Waals surface area contributed by atoms with E-state index < -0.39 is 17.1 Å². The fraction of sp³-hybridized carbons (Fsp3) is 0.0312. The first-order valence-electron chi connectivity index (χ1n) is 12.3. The molecule has 8 heteroatoms. The minimum Gasteiger partial charge on any atom is -0.478 e. The first-order valence-corrected chi connectivity index (χ1v) is 14.0. The van der Waals surface area contributed by atoms with Gasteiger partial charge in [0.1, 0.15) is 5.25 Å². The van der Waals surface area contributed by atoms with Gasteiger partial charge in [0.25, 0.3) is 5.91 Å². The molecule has 0 fully saturated rings. The highest BCUT2D eigenvalue weighted by atomic mass is 79.9. The summed E-state index contributed by atoms with van der Waals surface area (Å²) in [4.78, 5) is 39.3. The third kappa shape index (κ3) is 6.25. The highest BCUT2D eigenvalue weighted by Gasteiger charge is 2.23. The number of carbonyl (C=O) groups is 3. The Morgan fingerprint density at radius 2 is 1.38 bits per heavy atom. The van der Waals surface area contributed by atoms with Crippen molar-refractivity contribution in [2.24, 2.45) is 0 Å². The summed E-state index contributed by atoms with van der Waals surface area (Å²) in [7, 11) is 0. The zero-order valence-electron chi connectivity index (χ0n) is 21.0. The first kappa shape index (κ1) is 27.2. The van der Waals surface area contributed by atoms with Crippen molar-refractivity contribution in [2.45, 2.75) is 10.1 Å². The molecule has 3 N–H and O–H groups in total. The van der Waals surface area contributed by atoms with Crippen LogP contribution in [0.1, 0.15) is 31.5 Å². The number of halogens is 1. The lowest BCUT2D eigenvalue weighted by Crippen LogP contribution is -2.19. The number of carbonyl (C=O) groups excluding carboxylic acids is 2. The monoisotopic (exact) mass is 610 g/mol. The van der Waals surface area contributed by atoms with Crippen LogP contribution in [0.15, 0.2) is 125 Å². The van der Waals surface area contributed by atoms with Gasteiger partial charge in [0.2, 0.25) is 5.91 Å². The number of aromatic carboxylic acids is 1. The Kier molecular flexibility index (Phi) is 8.28. The van der Waals surface area contributed by atoms with Crippen LogP contribution in [0.4, 0.5) is 11.4 Å². The smallest absolute Gasteiger partial charge is 0.336 e. The van der Waals surface area contributed by atoms with Crippen molar-refractivity contribution in [2.75, 3.05) is 10.6 Å². The van der Waals surface area contributed by atoms with Crippen LogP contribution in [0.5, 0.6) is 0 Å². The Morgan fingerprint density at radius 1 is 0.700 bits per heavy atom. The first-order chi connectivity index (χ1) is 19.4. The number of carboxylic acids is 1. The summed E-state index contributed by atoms with van der Waals surface area (Å²) in [5.41, 5.74) is 2.39. The molecule has 40 heavy (non-hydrogen) atoms. The largest absolute Gasteiger partial charge is 0.478 e. The number of fused-ring (bicyclic) bond motifs is 1. The number of carboxylic acid groups (broad SMARTS) is 1. The van der Waals surface area contributed by atoms with Gasteiger partial charge in [0.15, 0.2) is 0 Å². The molecule has 0 radical (unpaired) electrons. The molecule has 198 valence electrons. The van der Waals surface area contributed by atoms with Crippen LogP contribution in [0.3, 0.4) is 0 Å². The minimum absolute atomic E-state index is 0.0649. The number of anilines is 2. The van der Waals surface area contributed by atoms with E-state index >= 15 is 0 Å². The van der Waals surface area contributed by atoms with Gasteiger partial charge in [0.05, 0.1) is 5.56 Å². The van der Waals surface area contributed by atoms with Crippen molar-refractivity contribution < 1.29 is 19.5 Å². The summed E-state index contributed by atoms with van der Waals surface area (Å²) in [5.74, 6) is -1.70. The van der Waals surface area contributed by atoms with Crippen molar-refractivity contribution in [1.82, 2.24) is 0 Å². The summed E-state index contributed by atoms with van der Waals surface area (Å²) in [5, 5.41) is 16.1. The normalized spacial score (nSPS) is 11.5. The highest BCUT2D eigenvalue weighted by Crippen LogP contribution is 2.37. The molecule has 6 nitrogen and oxygen atoms in total. The molecule has 0 aliphatic rings. The fourth-order valence-electron chi connectivity index (χ4n) is 4.33. The van der Waals surface area contributed by atoms with Gasteiger partial charge in [0, 0.05) is 31.7 Å². The van der Waals surface area contributed by atoms with Crippen LogP contribution < -0.4 is 10.6 Å². The Morgan fingerprint density at radius 3 is 2.08 bits per heavy atom. The lowest BCUT2D eigenvalue weighted by molar-refractivity contribution is -0.115. The molecule has 0 saturated heterocycles. The van der Waals surface area contributed by atoms with Crippen LogP contribution in [0, 0.1) is 0 Å². The van der Waals surface area contributed by atoms with E-state index in [1.165, 1.54) is 17.8 Å². The van der Waals surface area contributed by atoms with Crippen molar-refractivity contribution in [3.8, 4) is 0 Å². The lowest BCUT2D eigenvalue weighted by Gasteiger charge is -2.18. The molecule has 5 aromatic rings. The van der Waals surface area contributed by atoms with Gasteiger partial charge in [-0.2, -0.15) is 0 Å². The quantitative estimate of drug-likeness (QED) is 0.155. The Bertz CT molecular complexity index is 1700. The number of hydrogen-bond acceptors (Lipinski definition) is 4. The number of hydrogen-bond donors (Lipinski definition) is 3. The maximum absolute atomic E-state index is 13.4. The predicted octanol–water partition coefficient (Wildman–Crippen LogP) is 8.02. The summed E-state index contributed by atoms with van der Waals surface area (Å²) in [6.45, 7) is 0. The van der Waals surface area contributed by atoms with Gasteiger partial charge in [-0.3, -0.25) is 9.59 Å². The number of amides is 2. The molecule has 0 aromatic heterocycles. The van der Waals surface area contributed by atoms with Crippen LogP contribution in [-0.4, -0.2) is 22.9 Å². The third-order valence-corrected chi connectivity index (χ3v) is 7.95. The average Bonchev–Trinajstić information content (AvgIpc) is 2.97. The lowest BCUT2D eigenvalue weighted by atomic mass is 9.98. The number of benzene rings is 5. The Hall–Kier alpha value is -4.40. The fourth-order valence-corrected chi connectivity index (χ4v) is 5.68. The molecular weight excluding hydrogens is 588 g/mol. The maximum Gasteiger partial charge on any atom is 0.336 e. The molecule has 5 aromatic carbocycles. The summed E-state index contributed by atoms with van der Waals surface area (Å²) < 4.78 is 0.918. The second-order valence-corrected chi connectivity index (χ2v) is 11.0. The third-order valence-electron chi connectivity index (χ3n) is 6.18. The van der Waals surface area contributed by atoms with Crippen LogP contribution >= 0.6 is 27.7 Å². The van der Waals surface area contributed by atoms with Gasteiger partial charge in [-0.15, -0.1) is 11.8 Å². The molecule has 2 amide bonds. The highest BCUT2D eigenvalue weighted by molar-refractivity contribution is 9.10. The molecule has 0 heterocycles. The Balaban J connectivity index is 1.40. The van der Waals surface area contributed by atoms with Gasteiger partial charge >= 0.3 is 5.97 Å². The molecule has 0 saturated carbocycles. The topological polar surface area (TPSA) is 95.5 Å². The second kappa shape index (κ2) is 12.2. The van der Waals surface area contributed by atoms with Crippen molar-refractivity contribution in [3.63, 3.8) is 0 Å². The molecule has 5 rings (SSSR count). The zero-order chi connectivity index (χ0) is 28.1. The number of rotatable bonds is 8. The van der Waals surface area contributed by atoms with E-state index in [1.807, 2.05) is 60.7 Å². The van der Waals surface area contributed by atoms with Gasteiger partial charge in [-0.05, 0) is 65.5 Å². The van der Waals surface area contributed by atoms with Crippen molar-refractivity contribution >= 4 is 67.6 Å². The van der Waals surface area contributed by atoms with Crippen LogP contribution in [-0.2, 0) is 4.79 Å². The van der Waals surface area contributed by atoms with Gasteiger partial charge < -0.3 is 15.7 Å². The van der Waals surface area contributed by atoms with Crippen molar-refractivity contribution in [3.05, 3.63) is 136 Å². The van der Waals surface area contributed by atoms with E-state index in [0.717, 1.165) is 14.9 Å². The molecule has 1 atom stereocenters. The van der Waals surface area contributed by atoms with E-state index in [1.54, 1.807) is 48.5 Å². The zero-order valence-corrected chi connectivity index (χ0v) is 23.4. The average molecular weight is 612 g/mol. The standard InChI is InChI=1S/C32H23BrN2O4S/c33-22-15-17-23(18-16-22)34-31(37)29(21-7-2-1-3-8-21)40-25-12-6-11-24(19-25)35-30(36)26-13-4-9-20-10-5-14-27(28(20)26)32(38)39/h1-19,29H,(H,34,37)(H,35,36)(H,38,39). The minimum atomic E-state index is -1.10. The van der Waals surface area contributed by atoms with Gasteiger partial charge in [-0.25, -0.2) is 4.79 Å².